The van der Waals surface area contributed by atoms with E-state index in [1.807, 2.05) is 41.3 Å². The molecule has 0 radical (unpaired) electrons. The summed E-state index contributed by atoms with van der Waals surface area (Å²) in [5.41, 5.74) is 2.78. The van der Waals surface area contributed by atoms with E-state index in [9.17, 15) is 9.59 Å². The topological polar surface area (TPSA) is 88.9 Å². The fourth-order valence-corrected chi connectivity index (χ4v) is 4.21. The molecule has 0 fully saturated rings. The van der Waals surface area contributed by atoms with E-state index < -0.39 is 0 Å². The van der Waals surface area contributed by atoms with Gasteiger partial charge in [0.15, 0.2) is 5.13 Å². The van der Waals surface area contributed by atoms with Gasteiger partial charge in [0.25, 0.3) is 5.91 Å². The van der Waals surface area contributed by atoms with Gasteiger partial charge in [0.05, 0.1) is 17.8 Å². The normalized spacial score (nSPS) is 12.7. The monoisotopic (exact) mass is 539 g/mol. The predicted octanol–water partition coefficient (Wildman–Crippen LogP) is 7.30. The summed E-state index contributed by atoms with van der Waals surface area (Å²) in [5, 5.41) is 7.64. The summed E-state index contributed by atoms with van der Waals surface area (Å²) in [4.78, 5) is 33.2. The quantitative estimate of drug-likeness (QED) is 0.283. The van der Waals surface area contributed by atoms with Gasteiger partial charge in [-0.05, 0) is 57.7 Å². The Labute approximate surface area is 232 Å². The first kappa shape index (κ1) is 31.2. The third kappa shape index (κ3) is 10.4. The fourth-order valence-electron chi connectivity index (χ4n) is 3.49. The van der Waals surface area contributed by atoms with Crippen molar-refractivity contribution in [2.24, 2.45) is 11.8 Å². The average Bonchev–Trinajstić information content (AvgIpc) is 3.56. The summed E-state index contributed by atoms with van der Waals surface area (Å²) in [5.74, 6) is 1.26. The van der Waals surface area contributed by atoms with Crippen LogP contribution in [0.1, 0.15) is 90.2 Å². The lowest BCUT2D eigenvalue weighted by molar-refractivity contribution is -0.115. The van der Waals surface area contributed by atoms with Gasteiger partial charge in [-0.2, -0.15) is 0 Å². The van der Waals surface area contributed by atoms with Crippen LogP contribution in [0.5, 0.6) is 0 Å². The molecule has 1 unspecified atom stereocenters. The highest BCUT2D eigenvalue weighted by Gasteiger charge is 2.16. The number of aryl methyl sites for hydroxylation is 1. The fraction of sp³-hybridized carbons (Fsp3) is 0.533. The summed E-state index contributed by atoms with van der Waals surface area (Å²) >= 11 is 1.32. The van der Waals surface area contributed by atoms with Gasteiger partial charge >= 0.3 is 0 Å². The lowest BCUT2D eigenvalue weighted by Crippen LogP contribution is -2.32. The Morgan fingerprint density at radius 1 is 1.00 bits per heavy atom. The van der Waals surface area contributed by atoms with Crippen LogP contribution in [0.3, 0.4) is 0 Å². The Bertz CT molecular complexity index is 1150. The van der Waals surface area contributed by atoms with Crippen LogP contribution in [0.2, 0.25) is 0 Å². The molecule has 7 nitrogen and oxygen atoms in total. The number of amides is 2. The molecule has 38 heavy (non-hydrogen) atoms. The van der Waals surface area contributed by atoms with Crippen molar-refractivity contribution in [3.8, 4) is 11.4 Å². The Morgan fingerprint density at radius 3 is 2.21 bits per heavy atom. The van der Waals surface area contributed by atoms with Crippen molar-refractivity contribution in [3.63, 3.8) is 0 Å². The van der Waals surface area contributed by atoms with Gasteiger partial charge in [0, 0.05) is 29.0 Å². The largest absolute Gasteiger partial charge is 0.348 e. The van der Waals surface area contributed by atoms with E-state index in [1.165, 1.54) is 37.0 Å². The van der Waals surface area contributed by atoms with Crippen molar-refractivity contribution in [1.82, 2.24) is 19.9 Å². The zero-order valence-electron chi connectivity index (χ0n) is 24.3. The SMILES string of the molecule is CCC(C)CC[C@H](C)CC.Cc1cccc(-c2csc(NC(=O)CNC(=O)c3ccn(C(C)(C)C)c3)n2)n1. The number of rotatable bonds is 10. The summed E-state index contributed by atoms with van der Waals surface area (Å²) in [6.07, 6.45) is 9.16. The zero-order chi connectivity index (χ0) is 28.3. The lowest BCUT2D eigenvalue weighted by Gasteiger charge is -2.20. The van der Waals surface area contributed by atoms with Crippen molar-refractivity contribution in [2.75, 3.05) is 11.9 Å². The van der Waals surface area contributed by atoms with Crippen molar-refractivity contribution in [2.45, 2.75) is 86.6 Å². The van der Waals surface area contributed by atoms with Crippen LogP contribution in [0, 0.1) is 18.8 Å². The smallest absolute Gasteiger partial charge is 0.253 e. The van der Waals surface area contributed by atoms with Crippen LogP contribution in [0.15, 0.2) is 42.0 Å². The molecule has 0 saturated carbocycles. The third-order valence-electron chi connectivity index (χ3n) is 6.59. The minimum atomic E-state index is -0.332. The summed E-state index contributed by atoms with van der Waals surface area (Å²) < 4.78 is 1.96. The molecule has 2 atom stereocenters. The van der Waals surface area contributed by atoms with E-state index in [0.717, 1.165) is 23.2 Å². The number of aromatic nitrogens is 3. The van der Waals surface area contributed by atoms with Crippen LogP contribution in [0.25, 0.3) is 11.4 Å². The number of thiazole rings is 1. The van der Waals surface area contributed by atoms with E-state index in [0.29, 0.717) is 16.4 Å². The number of pyridine rings is 1. The van der Waals surface area contributed by atoms with E-state index in [4.69, 9.17) is 0 Å². The number of nitrogens with zero attached hydrogens (tertiary/aromatic N) is 3. The molecule has 0 aromatic carbocycles. The number of hydrogen-bond acceptors (Lipinski definition) is 5. The van der Waals surface area contributed by atoms with Crippen molar-refractivity contribution < 1.29 is 9.59 Å². The van der Waals surface area contributed by atoms with Gasteiger partial charge in [-0.25, -0.2) is 4.98 Å². The molecule has 3 aromatic heterocycles. The zero-order valence-corrected chi connectivity index (χ0v) is 25.1. The second-order valence-corrected chi connectivity index (χ2v) is 11.9. The first-order valence-electron chi connectivity index (χ1n) is 13.6. The Balaban J connectivity index is 0.000000432. The van der Waals surface area contributed by atoms with Crippen LogP contribution >= 0.6 is 11.3 Å². The van der Waals surface area contributed by atoms with Crippen LogP contribution in [-0.2, 0) is 10.3 Å². The molecular formula is C30H45N5O2S. The highest BCUT2D eigenvalue weighted by Crippen LogP contribution is 2.23. The van der Waals surface area contributed by atoms with Gasteiger partial charge in [0.2, 0.25) is 5.91 Å². The number of nitrogens with one attached hydrogen (secondary N) is 2. The minimum Gasteiger partial charge on any atom is -0.348 e. The molecule has 208 valence electrons. The Hall–Kier alpha value is -3.00. The number of hydrogen-bond donors (Lipinski definition) is 2. The Kier molecular flexibility index (Phi) is 12.2. The number of anilines is 1. The first-order chi connectivity index (χ1) is 17.9. The van der Waals surface area contributed by atoms with Gasteiger partial charge in [-0.15, -0.1) is 11.3 Å². The molecule has 0 spiro atoms. The molecule has 3 aromatic rings. The van der Waals surface area contributed by atoms with Gasteiger partial charge in [-0.3, -0.25) is 14.6 Å². The molecular weight excluding hydrogens is 494 g/mol. The Morgan fingerprint density at radius 2 is 1.66 bits per heavy atom. The second-order valence-electron chi connectivity index (χ2n) is 11.0. The summed E-state index contributed by atoms with van der Waals surface area (Å²) in [6.45, 7) is 17.2. The van der Waals surface area contributed by atoms with Crippen LogP contribution in [-0.4, -0.2) is 32.9 Å². The standard InChI is InChI=1S/C20H23N5O2S.C10H22/c1-13-6-5-7-15(22-13)16-12-28-19(23-16)24-17(26)10-21-18(27)14-8-9-25(11-14)20(2,3)4;1-5-9(3)7-8-10(4)6-2/h5-9,11-12H,10H2,1-4H3,(H,21,27)(H,23,24,26);9-10H,5-8H2,1-4H3/t;9-,10?/m.1/s1. The number of carbonyl (C=O) groups excluding carboxylic acids is 2. The maximum atomic E-state index is 12.2. The molecule has 0 aliphatic rings. The lowest BCUT2D eigenvalue weighted by atomic mass is 9.95. The maximum absolute atomic E-state index is 12.2. The van der Waals surface area contributed by atoms with E-state index in [-0.39, 0.29) is 23.9 Å². The molecule has 0 aliphatic carbocycles. The van der Waals surface area contributed by atoms with Gasteiger partial charge in [0.1, 0.15) is 5.69 Å². The van der Waals surface area contributed by atoms with Crippen LogP contribution < -0.4 is 10.6 Å². The van der Waals surface area contributed by atoms with E-state index >= 15 is 0 Å². The number of carbonyl (C=O) groups is 2. The van der Waals surface area contributed by atoms with Gasteiger partial charge in [-0.1, -0.05) is 59.4 Å². The molecule has 3 rings (SSSR count). The highest BCUT2D eigenvalue weighted by molar-refractivity contribution is 7.14. The molecule has 3 heterocycles. The van der Waals surface area contributed by atoms with Crippen LogP contribution in [0.4, 0.5) is 5.13 Å². The van der Waals surface area contributed by atoms with Crippen molar-refractivity contribution >= 4 is 28.3 Å². The molecule has 2 amide bonds. The molecule has 0 bridgehead atoms. The maximum Gasteiger partial charge on any atom is 0.253 e. The minimum absolute atomic E-state index is 0.107. The molecule has 0 aliphatic heterocycles. The van der Waals surface area contributed by atoms with Gasteiger partial charge < -0.3 is 15.2 Å². The summed E-state index contributed by atoms with van der Waals surface area (Å²) in [6, 6.07) is 7.44. The molecule has 0 saturated heterocycles. The third-order valence-corrected chi connectivity index (χ3v) is 7.34. The van der Waals surface area contributed by atoms with Crippen molar-refractivity contribution in [3.05, 3.63) is 53.3 Å². The average molecular weight is 540 g/mol. The first-order valence-corrected chi connectivity index (χ1v) is 14.5. The second kappa shape index (κ2) is 14.8. The summed E-state index contributed by atoms with van der Waals surface area (Å²) in [7, 11) is 0. The predicted molar refractivity (Wildman–Crippen MR) is 159 cm³/mol. The van der Waals surface area contributed by atoms with Crippen molar-refractivity contribution in [1.29, 1.82) is 0 Å². The highest BCUT2D eigenvalue weighted by atomic mass is 32.1. The van der Waals surface area contributed by atoms with E-state index in [1.54, 1.807) is 12.3 Å². The molecule has 2 N–H and O–H groups in total. The van der Waals surface area contributed by atoms with E-state index in [2.05, 4.69) is 69.1 Å². The molecule has 8 heteroatoms.